The van der Waals surface area contributed by atoms with E-state index in [1.165, 1.54) is 15.4 Å². The van der Waals surface area contributed by atoms with Crippen LogP contribution in [0.25, 0.3) is 0 Å². The van der Waals surface area contributed by atoms with E-state index in [0.717, 1.165) is 31.5 Å². The maximum Gasteiger partial charge on any atom is 0.410 e. The predicted octanol–water partition coefficient (Wildman–Crippen LogP) is 7.14. The summed E-state index contributed by atoms with van der Waals surface area (Å²) in [5, 5.41) is 3.98. The molecule has 0 bridgehead atoms. The Labute approximate surface area is 267 Å². The fourth-order valence-electron chi connectivity index (χ4n) is 6.76. The van der Waals surface area contributed by atoms with Crippen LogP contribution in [0.4, 0.5) is 4.79 Å². The van der Waals surface area contributed by atoms with Crippen LogP contribution in [-0.2, 0) is 20.2 Å². The van der Waals surface area contributed by atoms with Gasteiger partial charge in [0.25, 0.3) is 0 Å². The molecule has 2 heterocycles. The summed E-state index contributed by atoms with van der Waals surface area (Å²) in [6.07, 6.45) is 2.95. The van der Waals surface area contributed by atoms with Gasteiger partial charge in [-0.1, -0.05) is 66.2 Å². The van der Waals surface area contributed by atoms with Gasteiger partial charge in [0.15, 0.2) is 0 Å². The molecule has 3 aromatic carbocycles. The van der Waals surface area contributed by atoms with E-state index in [4.69, 9.17) is 16.3 Å². The zero-order valence-electron chi connectivity index (χ0n) is 26.1. The highest BCUT2D eigenvalue weighted by Gasteiger charge is 2.46. The number of rotatable bonds is 8. The molecule has 0 aromatic heterocycles. The molecule has 1 N–H and O–H groups in total. The van der Waals surface area contributed by atoms with E-state index in [1.54, 1.807) is 31.3 Å². The van der Waals surface area contributed by atoms with E-state index in [-0.39, 0.29) is 28.4 Å². The summed E-state index contributed by atoms with van der Waals surface area (Å²) in [6.45, 7) is 8.43. The highest BCUT2D eigenvalue weighted by Crippen LogP contribution is 2.47. The first-order valence-electron chi connectivity index (χ1n) is 15.5. The van der Waals surface area contributed by atoms with E-state index in [0.29, 0.717) is 31.0 Å². The molecule has 0 saturated carbocycles. The molecular weight excluding hydrogens is 594 g/mol. The van der Waals surface area contributed by atoms with Crippen molar-refractivity contribution in [2.75, 3.05) is 33.2 Å². The molecule has 7 nitrogen and oxygen atoms in total. The lowest BCUT2D eigenvalue weighted by Gasteiger charge is -2.50. The fraction of sp³-hybridized carbons (Fsp3) is 0.457. The number of nitrogens with zero attached hydrogens (tertiary/aromatic N) is 2. The Hall–Kier alpha value is -2.91. The van der Waals surface area contributed by atoms with Gasteiger partial charge in [-0.3, -0.25) is 0 Å². The van der Waals surface area contributed by atoms with Crippen LogP contribution < -0.4 is 5.32 Å². The third-order valence-electron chi connectivity index (χ3n) is 8.99. The number of piperidine rings is 1. The van der Waals surface area contributed by atoms with Crippen LogP contribution in [0.1, 0.15) is 75.1 Å². The molecule has 3 aromatic rings. The fourth-order valence-corrected chi connectivity index (χ4v) is 8.10. The van der Waals surface area contributed by atoms with E-state index in [1.807, 2.05) is 43.9 Å². The normalized spacial score (nSPS) is 19.0. The molecule has 9 heteroatoms. The number of fused-ring (bicyclic) bond motifs is 2. The van der Waals surface area contributed by atoms with Gasteiger partial charge in [-0.05, 0) is 106 Å². The molecule has 2 aliphatic rings. The number of hydrogen-bond acceptors (Lipinski definition) is 5. The number of benzene rings is 3. The van der Waals surface area contributed by atoms with Gasteiger partial charge in [-0.2, -0.15) is 0 Å². The maximum atomic E-state index is 13.9. The second kappa shape index (κ2) is 13.2. The first-order valence-corrected chi connectivity index (χ1v) is 17.3. The largest absolute Gasteiger partial charge is 0.444 e. The maximum absolute atomic E-state index is 13.9. The van der Waals surface area contributed by atoms with Crippen molar-refractivity contribution in [3.8, 4) is 0 Å². The van der Waals surface area contributed by atoms with Gasteiger partial charge in [0.1, 0.15) is 5.60 Å². The average molecular weight is 638 g/mol. The standard InChI is InChI=1S/C35H44ClN3O4S/c1-34(2,3)43-33(40)39-25-35(20-22-37-23-21-35)31-13-9-8-12-30(31)32(39)19-14-27(26-10-6-5-7-11-26)24-38(4)44(41,42)29-17-15-28(36)16-18-29/h5-13,15-18,27,32,37H,14,19-25H2,1-4H3. The van der Waals surface area contributed by atoms with E-state index < -0.39 is 15.6 Å². The molecular formula is C35H44ClN3O4S. The lowest BCUT2D eigenvalue weighted by atomic mass is 9.67. The number of likely N-dealkylation sites (N-methyl/N-ethyl adjacent to an activating group) is 1. The third-order valence-corrected chi connectivity index (χ3v) is 11.1. The minimum Gasteiger partial charge on any atom is -0.444 e. The first-order chi connectivity index (χ1) is 20.9. The van der Waals surface area contributed by atoms with Crippen molar-refractivity contribution >= 4 is 27.7 Å². The number of halogens is 1. The molecule has 1 saturated heterocycles. The summed E-state index contributed by atoms with van der Waals surface area (Å²) in [4.78, 5) is 16.0. The average Bonchev–Trinajstić information content (AvgIpc) is 3.00. The number of sulfonamides is 1. The SMILES string of the molecule is CN(CC(CCC1c2ccccc2C2(CCNCC2)CN1C(=O)OC(C)(C)C)c1ccccc1)S(=O)(=O)c1ccc(Cl)cc1. The molecule has 44 heavy (non-hydrogen) atoms. The number of carbonyl (C=O) groups excluding carboxylic acids is 1. The molecule has 0 aliphatic carbocycles. The molecule has 1 amide bonds. The molecule has 5 rings (SSSR count). The Balaban J connectivity index is 1.46. The number of carbonyl (C=O) groups is 1. The van der Waals surface area contributed by atoms with Gasteiger partial charge in [0.05, 0.1) is 10.9 Å². The quantitative estimate of drug-likeness (QED) is 0.284. The van der Waals surface area contributed by atoms with Crippen molar-refractivity contribution in [3.63, 3.8) is 0 Å². The van der Waals surface area contributed by atoms with Crippen molar-refractivity contribution < 1.29 is 17.9 Å². The second-order valence-corrected chi connectivity index (χ2v) is 15.6. The molecule has 1 spiro atoms. The molecule has 2 atom stereocenters. The van der Waals surface area contributed by atoms with E-state index in [2.05, 4.69) is 41.7 Å². The van der Waals surface area contributed by atoms with Crippen LogP contribution in [0, 0.1) is 0 Å². The predicted molar refractivity (Wildman–Crippen MR) is 176 cm³/mol. The smallest absolute Gasteiger partial charge is 0.410 e. The van der Waals surface area contributed by atoms with Crippen LogP contribution in [0.2, 0.25) is 5.02 Å². The lowest BCUT2D eigenvalue weighted by molar-refractivity contribution is 0.00195. The van der Waals surface area contributed by atoms with Gasteiger partial charge < -0.3 is 15.0 Å². The minimum absolute atomic E-state index is 0.0920. The van der Waals surface area contributed by atoms with E-state index >= 15 is 0 Å². The highest BCUT2D eigenvalue weighted by atomic mass is 35.5. The summed E-state index contributed by atoms with van der Waals surface area (Å²) in [7, 11) is -2.10. The molecule has 1 fully saturated rings. The van der Waals surface area contributed by atoms with Crippen molar-refractivity contribution in [1.29, 1.82) is 0 Å². The monoisotopic (exact) mass is 637 g/mol. The van der Waals surface area contributed by atoms with Crippen LogP contribution in [0.5, 0.6) is 0 Å². The Morgan fingerprint density at radius 2 is 1.66 bits per heavy atom. The Morgan fingerprint density at radius 1 is 1.02 bits per heavy atom. The zero-order valence-corrected chi connectivity index (χ0v) is 27.7. The summed E-state index contributed by atoms with van der Waals surface area (Å²) in [5.74, 6) is -0.0920. The van der Waals surface area contributed by atoms with Crippen molar-refractivity contribution in [2.24, 2.45) is 0 Å². The lowest BCUT2D eigenvalue weighted by Crippen LogP contribution is -2.55. The number of nitrogens with one attached hydrogen (secondary N) is 1. The summed E-state index contributed by atoms with van der Waals surface area (Å²) in [6, 6.07) is 24.7. The van der Waals surface area contributed by atoms with Gasteiger partial charge in [-0.25, -0.2) is 17.5 Å². The molecule has 0 radical (unpaired) electrons. The van der Waals surface area contributed by atoms with Crippen molar-refractivity contribution in [2.45, 2.75) is 74.3 Å². The molecule has 2 unspecified atom stereocenters. The third kappa shape index (κ3) is 7.15. The first kappa shape index (κ1) is 32.5. The van der Waals surface area contributed by atoms with Crippen molar-refractivity contribution in [1.82, 2.24) is 14.5 Å². The van der Waals surface area contributed by atoms with Crippen molar-refractivity contribution in [3.05, 3.63) is 101 Å². The summed E-state index contributed by atoms with van der Waals surface area (Å²) in [5.41, 5.74) is 2.81. The van der Waals surface area contributed by atoms with Crippen LogP contribution in [0.15, 0.2) is 83.8 Å². The van der Waals surface area contributed by atoms with Crippen LogP contribution >= 0.6 is 11.6 Å². The number of hydrogen-bond donors (Lipinski definition) is 1. The van der Waals surface area contributed by atoms with Gasteiger partial charge in [0, 0.05) is 30.6 Å². The Bertz CT molecular complexity index is 1530. The molecule has 2 aliphatic heterocycles. The summed E-state index contributed by atoms with van der Waals surface area (Å²) < 4.78 is 34.5. The second-order valence-electron chi connectivity index (χ2n) is 13.2. The van der Waals surface area contributed by atoms with Crippen LogP contribution in [-0.4, -0.2) is 62.5 Å². The van der Waals surface area contributed by atoms with Gasteiger partial charge in [0.2, 0.25) is 10.0 Å². The Morgan fingerprint density at radius 3 is 2.32 bits per heavy atom. The number of ether oxygens (including phenoxy) is 1. The van der Waals surface area contributed by atoms with Crippen LogP contribution in [0.3, 0.4) is 0 Å². The van der Waals surface area contributed by atoms with Gasteiger partial charge in [-0.15, -0.1) is 0 Å². The molecule has 236 valence electrons. The minimum atomic E-state index is -3.73. The highest BCUT2D eigenvalue weighted by molar-refractivity contribution is 7.89. The van der Waals surface area contributed by atoms with E-state index in [9.17, 15) is 13.2 Å². The summed E-state index contributed by atoms with van der Waals surface area (Å²) >= 11 is 6.03. The zero-order chi connectivity index (χ0) is 31.5. The van der Waals surface area contributed by atoms with Gasteiger partial charge >= 0.3 is 6.09 Å². The Kier molecular flexibility index (Phi) is 9.75. The topological polar surface area (TPSA) is 79.0 Å². The number of amides is 1.